The first-order valence-corrected chi connectivity index (χ1v) is 8.20. The Hall–Kier alpha value is -2.02. The van der Waals surface area contributed by atoms with Crippen molar-refractivity contribution in [2.24, 2.45) is 0 Å². The van der Waals surface area contributed by atoms with E-state index in [1.165, 1.54) is 6.26 Å². The van der Waals surface area contributed by atoms with E-state index in [0.29, 0.717) is 16.4 Å². The molecule has 1 unspecified atom stereocenters. The van der Waals surface area contributed by atoms with Crippen LogP contribution in [0.25, 0.3) is 0 Å². The van der Waals surface area contributed by atoms with Crippen molar-refractivity contribution in [3.8, 4) is 0 Å². The molecule has 6 nitrogen and oxygen atoms in total. The summed E-state index contributed by atoms with van der Waals surface area (Å²) in [5.74, 6) is -0.255. The lowest BCUT2D eigenvalue weighted by molar-refractivity contribution is -0.118. The van der Waals surface area contributed by atoms with Gasteiger partial charge in [-0.05, 0) is 49.7 Å². The summed E-state index contributed by atoms with van der Waals surface area (Å²) in [6.07, 6.45) is 4.40. The van der Waals surface area contributed by atoms with Gasteiger partial charge in [-0.3, -0.25) is 9.59 Å². The molecular weight excluding hydrogens is 365 g/mol. The van der Waals surface area contributed by atoms with Crippen LogP contribution in [0.15, 0.2) is 41.0 Å². The van der Waals surface area contributed by atoms with E-state index in [9.17, 15) is 9.59 Å². The minimum absolute atomic E-state index is 0. The molecule has 0 spiro atoms. The lowest BCUT2D eigenvalue weighted by Gasteiger charge is -2.22. The molecule has 0 aliphatic carbocycles. The highest BCUT2D eigenvalue weighted by atomic mass is 35.5. The maximum Gasteiger partial charge on any atom is 0.291 e. The predicted octanol–water partition coefficient (Wildman–Crippen LogP) is 3.69. The highest BCUT2D eigenvalue weighted by Crippen LogP contribution is 2.26. The van der Waals surface area contributed by atoms with Crippen molar-refractivity contribution in [1.82, 2.24) is 5.32 Å². The second-order valence-electron chi connectivity index (χ2n) is 5.62. The highest BCUT2D eigenvalue weighted by Gasteiger charge is 2.20. The van der Waals surface area contributed by atoms with Gasteiger partial charge in [0.05, 0.1) is 23.0 Å². The normalized spacial score (nSPS) is 16.6. The van der Waals surface area contributed by atoms with Crippen molar-refractivity contribution < 1.29 is 14.0 Å². The molecule has 1 fully saturated rings. The summed E-state index contributed by atoms with van der Waals surface area (Å²) in [5.41, 5.74) is 1.04. The zero-order valence-corrected chi connectivity index (χ0v) is 15.0. The molecule has 1 aromatic heterocycles. The third-order valence-corrected chi connectivity index (χ3v) is 4.17. The average Bonchev–Trinajstić information content (AvgIpc) is 3.13. The van der Waals surface area contributed by atoms with Crippen molar-refractivity contribution in [1.29, 1.82) is 0 Å². The number of carbonyl (C=O) groups excluding carboxylic acids is 2. The lowest BCUT2D eigenvalue weighted by Crippen LogP contribution is -2.43. The summed E-state index contributed by atoms with van der Waals surface area (Å²) in [6.45, 7) is 0.858. The fourth-order valence-corrected chi connectivity index (χ4v) is 2.82. The molecule has 2 aromatic rings. The van der Waals surface area contributed by atoms with E-state index in [1.807, 2.05) is 0 Å². The maximum atomic E-state index is 12.2. The van der Waals surface area contributed by atoms with E-state index < -0.39 is 0 Å². The molecule has 0 saturated carbocycles. The van der Waals surface area contributed by atoms with Crippen molar-refractivity contribution >= 4 is 47.2 Å². The fourth-order valence-electron chi connectivity index (χ4n) is 2.59. The summed E-state index contributed by atoms with van der Waals surface area (Å²) in [6, 6.07) is 7.98. The quantitative estimate of drug-likeness (QED) is 0.751. The molecular formula is C17H19Cl2N3O3. The summed E-state index contributed by atoms with van der Waals surface area (Å²) in [5, 5.41) is 9.04. The Morgan fingerprint density at radius 1 is 1.20 bits per heavy atom. The van der Waals surface area contributed by atoms with Gasteiger partial charge in [-0.25, -0.2) is 0 Å². The van der Waals surface area contributed by atoms with Crippen LogP contribution < -0.4 is 16.0 Å². The molecule has 1 aliphatic heterocycles. The van der Waals surface area contributed by atoms with E-state index in [2.05, 4.69) is 16.0 Å². The fraction of sp³-hybridized carbons (Fsp3) is 0.294. The molecule has 8 heteroatoms. The molecule has 3 rings (SSSR count). The lowest BCUT2D eigenvalue weighted by atomic mass is 10.0. The van der Waals surface area contributed by atoms with E-state index in [0.717, 1.165) is 25.8 Å². The number of halogens is 2. The number of hydrogen-bond acceptors (Lipinski definition) is 4. The van der Waals surface area contributed by atoms with Gasteiger partial charge in [0.1, 0.15) is 0 Å². The molecule has 0 radical (unpaired) electrons. The van der Waals surface area contributed by atoms with Gasteiger partial charge in [-0.15, -0.1) is 12.4 Å². The van der Waals surface area contributed by atoms with Gasteiger partial charge in [0, 0.05) is 5.69 Å². The molecule has 0 bridgehead atoms. The number of benzene rings is 1. The van der Waals surface area contributed by atoms with Crippen LogP contribution in [-0.2, 0) is 4.79 Å². The van der Waals surface area contributed by atoms with Gasteiger partial charge in [0.2, 0.25) is 5.91 Å². The topological polar surface area (TPSA) is 83.4 Å². The molecule has 2 heterocycles. The summed E-state index contributed by atoms with van der Waals surface area (Å²) >= 11 is 6.19. The first-order valence-electron chi connectivity index (χ1n) is 7.82. The summed E-state index contributed by atoms with van der Waals surface area (Å²) in [7, 11) is 0. The Bertz CT molecular complexity index is 729. The van der Waals surface area contributed by atoms with Crippen LogP contribution in [0.4, 0.5) is 11.4 Å². The number of piperidine rings is 1. The first kappa shape index (κ1) is 19.3. The van der Waals surface area contributed by atoms with Crippen LogP contribution in [0.3, 0.4) is 0 Å². The van der Waals surface area contributed by atoms with E-state index in [-0.39, 0.29) is 36.0 Å². The average molecular weight is 384 g/mol. The maximum absolute atomic E-state index is 12.2. The molecule has 1 atom stereocenters. The molecule has 2 amide bonds. The highest BCUT2D eigenvalue weighted by molar-refractivity contribution is 6.34. The van der Waals surface area contributed by atoms with Crippen LogP contribution in [0.5, 0.6) is 0 Å². The molecule has 25 heavy (non-hydrogen) atoms. The Kier molecular flexibility index (Phi) is 6.87. The number of anilines is 2. The van der Waals surface area contributed by atoms with Crippen LogP contribution >= 0.6 is 24.0 Å². The van der Waals surface area contributed by atoms with Crippen LogP contribution in [0.1, 0.15) is 29.8 Å². The smallest absolute Gasteiger partial charge is 0.291 e. The van der Waals surface area contributed by atoms with Gasteiger partial charge in [-0.1, -0.05) is 18.0 Å². The third kappa shape index (κ3) is 4.98. The van der Waals surface area contributed by atoms with Gasteiger partial charge >= 0.3 is 0 Å². The SMILES string of the molecule is Cl.O=C(Nc1ccc(NC(=O)C2CCCCN2)cc1Cl)c1ccco1. The van der Waals surface area contributed by atoms with Gasteiger partial charge < -0.3 is 20.4 Å². The van der Waals surface area contributed by atoms with Crippen molar-refractivity contribution in [2.75, 3.05) is 17.2 Å². The second-order valence-corrected chi connectivity index (χ2v) is 6.02. The van der Waals surface area contributed by atoms with Crippen LogP contribution in [-0.4, -0.2) is 24.4 Å². The Balaban J connectivity index is 0.00000225. The number of hydrogen-bond donors (Lipinski definition) is 3. The predicted molar refractivity (Wildman–Crippen MR) is 99.6 cm³/mol. The Morgan fingerprint density at radius 2 is 2.04 bits per heavy atom. The first-order chi connectivity index (χ1) is 11.6. The number of furan rings is 1. The molecule has 3 N–H and O–H groups in total. The molecule has 1 aliphatic rings. The molecule has 1 aromatic carbocycles. The van der Waals surface area contributed by atoms with Gasteiger partial charge in [0.15, 0.2) is 5.76 Å². The van der Waals surface area contributed by atoms with E-state index in [4.69, 9.17) is 16.0 Å². The number of amides is 2. The minimum atomic E-state index is -0.384. The Morgan fingerprint density at radius 3 is 2.68 bits per heavy atom. The summed E-state index contributed by atoms with van der Waals surface area (Å²) < 4.78 is 5.03. The number of carbonyl (C=O) groups is 2. The second kappa shape index (κ2) is 8.89. The zero-order chi connectivity index (χ0) is 16.9. The standard InChI is InChI=1S/C17H18ClN3O3.ClH/c18-12-10-11(20-16(22)14-4-1-2-8-19-14)6-7-13(12)21-17(23)15-5-3-9-24-15;/h3,5-7,9-10,14,19H,1-2,4,8H2,(H,20,22)(H,21,23);1H. The van der Waals surface area contributed by atoms with Crippen molar-refractivity contribution in [2.45, 2.75) is 25.3 Å². The summed E-state index contributed by atoms with van der Waals surface area (Å²) in [4.78, 5) is 24.2. The van der Waals surface area contributed by atoms with Crippen LogP contribution in [0.2, 0.25) is 5.02 Å². The van der Waals surface area contributed by atoms with E-state index in [1.54, 1.807) is 30.3 Å². The van der Waals surface area contributed by atoms with E-state index >= 15 is 0 Å². The van der Waals surface area contributed by atoms with Crippen molar-refractivity contribution in [3.05, 3.63) is 47.4 Å². The van der Waals surface area contributed by atoms with Gasteiger partial charge in [-0.2, -0.15) is 0 Å². The zero-order valence-electron chi connectivity index (χ0n) is 13.4. The third-order valence-electron chi connectivity index (χ3n) is 3.86. The minimum Gasteiger partial charge on any atom is -0.459 e. The van der Waals surface area contributed by atoms with Gasteiger partial charge in [0.25, 0.3) is 5.91 Å². The number of nitrogens with one attached hydrogen (secondary N) is 3. The number of rotatable bonds is 4. The molecule has 1 saturated heterocycles. The molecule has 134 valence electrons. The van der Waals surface area contributed by atoms with Crippen LogP contribution in [0, 0.1) is 0 Å². The Labute approximate surface area is 156 Å². The van der Waals surface area contributed by atoms with Crippen molar-refractivity contribution in [3.63, 3.8) is 0 Å². The largest absolute Gasteiger partial charge is 0.459 e. The monoisotopic (exact) mass is 383 g/mol.